The summed E-state index contributed by atoms with van der Waals surface area (Å²) in [5.41, 5.74) is 0. The molecule has 2 aromatic rings. The number of rotatable bonds is 6. The maximum Gasteiger partial charge on any atom is 0.389 e. The Kier molecular flexibility index (Phi) is 4.44. The van der Waals surface area contributed by atoms with Crippen LogP contribution in [0.2, 0.25) is 0 Å². The first-order valence-corrected chi connectivity index (χ1v) is 8.30. The summed E-state index contributed by atoms with van der Waals surface area (Å²) in [6.45, 7) is -0.289. The molecule has 0 aliphatic heterocycles. The smallest absolute Gasteiger partial charge is 0.371 e. The van der Waals surface area contributed by atoms with Crippen molar-refractivity contribution in [2.24, 2.45) is 0 Å². The van der Waals surface area contributed by atoms with Crippen molar-refractivity contribution in [3.8, 4) is 0 Å². The number of thiazole rings is 1. The summed E-state index contributed by atoms with van der Waals surface area (Å²) in [5, 5.41) is 4.24. The third-order valence-electron chi connectivity index (χ3n) is 2.64. The predicted octanol–water partition coefficient (Wildman–Crippen LogP) is 2.06. The highest BCUT2D eigenvalue weighted by Crippen LogP contribution is 2.25. The fourth-order valence-electron chi connectivity index (χ4n) is 1.75. The molecular formula is C10H13F3N4O2S2. The van der Waals surface area contributed by atoms with E-state index < -0.39 is 22.6 Å². The van der Waals surface area contributed by atoms with Crippen molar-refractivity contribution in [3.05, 3.63) is 11.6 Å². The number of hydrogen-bond acceptors (Lipinski definition) is 5. The molecule has 118 valence electrons. The molecule has 2 heterocycles. The Hall–Kier alpha value is -1.33. The molecule has 0 unspecified atom stereocenters. The number of nitrogens with zero attached hydrogens (tertiary/aromatic N) is 2. The van der Waals surface area contributed by atoms with Gasteiger partial charge >= 0.3 is 6.18 Å². The quantitative estimate of drug-likeness (QED) is 0.788. The van der Waals surface area contributed by atoms with Gasteiger partial charge in [0.15, 0.2) is 15.8 Å². The average molecular weight is 342 g/mol. The van der Waals surface area contributed by atoms with E-state index in [9.17, 15) is 21.6 Å². The standard InChI is InChI=1S/C10H13F3N4O2S2/c1-14-7-8(17-5-6-20-9(17)16-7)21(18,19)15-4-2-3-10(11,12)13/h5-6,14-15H,2-4H2,1H3. The molecule has 2 N–H and O–H groups in total. The molecular weight excluding hydrogens is 329 g/mol. The van der Waals surface area contributed by atoms with E-state index in [1.807, 2.05) is 0 Å². The number of imidazole rings is 1. The molecule has 0 radical (unpaired) electrons. The van der Waals surface area contributed by atoms with Crippen molar-refractivity contribution in [2.45, 2.75) is 24.0 Å². The maximum absolute atomic E-state index is 12.2. The Morgan fingerprint density at radius 1 is 1.43 bits per heavy atom. The molecule has 0 fully saturated rings. The Morgan fingerprint density at radius 2 is 2.14 bits per heavy atom. The van der Waals surface area contributed by atoms with Crippen LogP contribution in [0.15, 0.2) is 16.6 Å². The van der Waals surface area contributed by atoms with E-state index in [-0.39, 0.29) is 23.8 Å². The molecule has 0 saturated carbocycles. The minimum absolute atomic E-state index is 0.103. The van der Waals surface area contributed by atoms with Crippen LogP contribution >= 0.6 is 11.3 Å². The molecule has 21 heavy (non-hydrogen) atoms. The highest BCUT2D eigenvalue weighted by atomic mass is 32.2. The second-order valence-electron chi connectivity index (χ2n) is 4.19. The monoisotopic (exact) mass is 342 g/mol. The van der Waals surface area contributed by atoms with Gasteiger partial charge in [-0.3, -0.25) is 4.40 Å². The van der Waals surface area contributed by atoms with Crippen molar-refractivity contribution in [2.75, 3.05) is 18.9 Å². The van der Waals surface area contributed by atoms with E-state index in [4.69, 9.17) is 0 Å². The van der Waals surface area contributed by atoms with Gasteiger partial charge in [0, 0.05) is 31.6 Å². The van der Waals surface area contributed by atoms with Crippen LogP contribution in [0, 0.1) is 0 Å². The van der Waals surface area contributed by atoms with Crippen LogP contribution in [0.5, 0.6) is 0 Å². The normalized spacial score (nSPS) is 13.0. The van der Waals surface area contributed by atoms with Gasteiger partial charge in [-0.15, -0.1) is 11.3 Å². The van der Waals surface area contributed by atoms with Crippen LogP contribution < -0.4 is 10.0 Å². The van der Waals surface area contributed by atoms with Gasteiger partial charge in [0.25, 0.3) is 10.0 Å². The lowest BCUT2D eigenvalue weighted by Gasteiger charge is -2.09. The number of halogens is 3. The molecule has 0 atom stereocenters. The van der Waals surface area contributed by atoms with Gasteiger partial charge < -0.3 is 5.32 Å². The first-order chi connectivity index (χ1) is 9.74. The molecule has 0 spiro atoms. The summed E-state index contributed by atoms with van der Waals surface area (Å²) in [5.74, 6) is 0.158. The number of hydrogen-bond donors (Lipinski definition) is 2. The van der Waals surface area contributed by atoms with E-state index in [1.165, 1.54) is 29.0 Å². The number of sulfonamides is 1. The van der Waals surface area contributed by atoms with Gasteiger partial charge in [-0.25, -0.2) is 18.1 Å². The zero-order valence-electron chi connectivity index (χ0n) is 10.9. The van der Waals surface area contributed by atoms with Crippen molar-refractivity contribution in [1.29, 1.82) is 0 Å². The molecule has 0 bridgehead atoms. The van der Waals surface area contributed by atoms with E-state index >= 15 is 0 Å². The van der Waals surface area contributed by atoms with Gasteiger partial charge in [-0.05, 0) is 6.42 Å². The Labute approximate surface area is 123 Å². The average Bonchev–Trinajstić information content (AvgIpc) is 2.92. The molecule has 0 aliphatic carbocycles. The van der Waals surface area contributed by atoms with Crippen molar-refractivity contribution in [3.63, 3.8) is 0 Å². The lowest BCUT2D eigenvalue weighted by molar-refractivity contribution is -0.135. The van der Waals surface area contributed by atoms with Crippen LogP contribution in [0.4, 0.5) is 19.0 Å². The Morgan fingerprint density at radius 3 is 2.76 bits per heavy atom. The molecule has 0 aliphatic rings. The third kappa shape index (κ3) is 3.66. The number of alkyl halides is 3. The van der Waals surface area contributed by atoms with E-state index in [1.54, 1.807) is 5.38 Å². The summed E-state index contributed by atoms with van der Waals surface area (Å²) in [6, 6.07) is 0. The highest BCUT2D eigenvalue weighted by Gasteiger charge is 2.28. The van der Waals surface area contributed by atoms with Gasteiger partial charge in [-0.1, -0.05) is 0 Å². The zero-order valence-corrected chi connectivity index (χ0v) is 12.6. The van der Waals surface area contributed by atoms with Gasteiger partial charge in [0.2, 0.25) is 0 Å². The van der Waals surface area contributed by atoms with E-state index in [2.05, 4.69) is 15.0 Å². The Bertz CT molecular complexity index is 720. The zero-order chi connectivity index (χ0) is 15.7. The van der Waals surface area contributed by atoms with Crippen molar-refractivity contribution >= 4 is 32.1 Å². The van der Waals surface area contributed by atoms with Crippen LogP contribution in [-0.4, -0.2) is 37.6 Å². The number of nitrogens with one attached hydrogen (secondary N) is 2. The largest absolute Gasteiger partial charge is 0.389 e. The fraction of sp³-hybridized carbons (Fsp3) is 0.500. The number of fused-ring (bicyclic) bond motifs is 1. The minimum atomic E-state index is -4.29. The van der Waals surface area contributed by atoms with Crippen LogP contribution in [0.25, 0.3) is 4.96 Å². The summed E-state index contributed by atoms with van der Waals surface area (Å²) < 4.78 is 64.1. The predicted molar refractivity (Wildman–Crippen MR) is 73.1 cm³/mol. The summed E-state index contributed by atoms with van der Waals surface area (Å²) in [4.78, 5) is 4.58. The van der Waals surface area contributed by atoms with Crippen molar-refractivity contribution < 1.29 is 21.6 Å². The van der Waals surface area contributed by atoms with E-state index in [0.29, 0.717) is 4.96 Å². The second kappa shape index (κ2) is 5.81. The van der Waals surface area contributed by atoms with Crippen LogP contribution in [-0.2, 0) is 10.0 Å². The number of aromatic nitrogens is 2. The van der Waals surface area contributed by atoms with Gasteiger partial charge in [0.1, 0.15) is 0 Å². The molecule has 0 aromatic carbocycles. The molecule has 0 amide bonds. The Balaban J connectivity index is 2.16. The minimum Gasteiger partial charge on any atom is -0.371 e. The summed E-state index contributed by atoms with van der Waals surface area (Å²) in [6.07, 6.45) is -4.10. The summed E-state index contributed by atoms with van der Waals surface area (Å²) in [7, 11) is -2.42. The van der Waals surface area contributed by atoms with Crippen LogP contribution in [0.1, 0.15) is 12.8 Å². The summed E-state index contributed by atoms with van der Waals surface area (Å²) >= 11 is 1.26. The maximum atomic E-state index is 12.2. The molecule has 2 aromatic heterocycles. The molecule has 2 rings (SSSR count). The van der Waals surface area contributed by atoms with Gasteiger partial charge in [-0.2, -0.15) is 13.2 Å². The molecule has 6 nitrogen and oxygen atoms in total. The van der Waals surface area contributed by atoms with E-state index in [0.717, 1.165) is 0 Å². The topological polar surface area (TPSA) is 75.5 Å². The third-order valence-corrected chi connectivity index (χ3v) is 4.88. The highest BCUT2D eigenvalue weighted by molar-refractivity contribution is 7.89. The van der Waals surface area contributed by atoms with Crippen LogP contribution in [0.3, 0.4) is 0 Å². The second-order valence-corrected chi connectivity index (χ2v) is 6.74. The first-order valence-electron chi connectivity index (χ1n) is 5.94. The first kappa shape index (κ1) is 16.0. The SMILES string of the molecule is CNc1nc2sccn2c1S(=O)(=O)NCCCC(F)(F)F. The lowest BCUT2D eigenvalue weighted by atomic mass is 10.3. The van der Waals surface area contributed by atoms with Gasteiger partial charge in [0.05, 0.1) is 0 Å². The molecule has 0 saturated heterocycles. The fourth-order valence-corrected chi connectivity index (χ4v) is 3.88. The number of anilines is 1. The lowest BCUT2D eigenvalue weighted by Crippen LogP contribution is -2.27. The molecule has 11 heteroatoms. The van der Waals surface area contributed by atoms with Crippen molar-refractivity contribution in [1.82, 2.24) is 14.1 Å².